The normalized spacial score (nSPS) is 25.2. The van der Waals surface area contributed by atoms with Crippen molar-refractivity contribution in [1.82, 2.24) is 31.0 Å². The molecular weight excluding hydrogens is 392 g/mol. The molecule has 0 aliphatic carbocycles. The number of rotatable bonds is 6. The van der Waals surface area contributed by atoms with E-state index in [1.807, 2.05) is 0 Å². The number of hydroxylamine groups is 3. The van der Waals surface area contributed by atoms with Crippen LogP contribution in [0.15, 0.2) is 0 Å². The lowest BCUT2D eigenvalue weighted by atomic mass is 10.0. The Kier molecular flexibility index (Phi) is 6.24. The first kappa shape index (κ1) is 20.9. The molecule has 2 atom stereocenters. The van der Waals surface area contributed by atoms with Gasteiger partial charge in [-0.3, -0.25) is 30.4 Å². The molecule has 0 aromatic heterocycles. The third kappa shape index (κ3) is 4.78. The molecular formula is C15H24N6O8. The van der Waals surface area contributed by atoms with Gasteiger partial charge >= 0.3 is 18.2 Å². The number of nitrogens with zero attached hydrogens (tertiary/aromatic N) is 3. The second-order valence-electron chi connectivity index (χ2n) is 7.15. The molecule has 0 aromatic carbocycles. The number of likely N-dealkylation sites (tertiary alicyclic amines) is 1. The van der Waals surface area contributed by atoms with Crippen molar-refractivity contribution in [2.45, 2.75) is 50.2 Å². The van der Waals surface area contributed by atoms with Gasteiger partial charge in [0.15, 0.2) is 6.29 Å². The number of urea groups is 1. The maximum atomic E-state index is 12.4. The van der Waals surface area contributed by atoms with Gasteiger partial charge in [-0.1, -0.05) is 0 Å². The average molecular weight is 416 g/mol. The Morgan fingerprint density at radius 3 is 2.24 bits per heavy atom. The SMILES string of the molecule is O=C(O)NC(NC(=O)O)N1CCC(ONC(=O)[C@@H]2CC[C@@H]3CN2C(=O)N3O)CC1. The van der Waals surface area contributed by atoms with Crippen molar-refractivity contribution < 1.29 is 39.4 Å². The summed E-state index contributed by atoms with van der Waals surface area (Å²) in [4.78, 5) is 54.4. The van der Waals surface area contributed by atoms with Gasteiger partial charge in [0, 0.05) is 19.6 Å². The Labute approximate surface area is 165 Å². The van der Waals surface area contributed by atoms with Crippen LogP contribution < -0.4 is 16.1 Å². The zero-order valence-electron chi connectivity index (χ0n) is 15.5. The molecule has 6 N–H and O–H groups in total. The van der Waals surface area contributed by atoms with Gasteiger partial charge in [-0.2, -0.15) is 0 Å². The fraction of sp³-hybridized carbons (Fsp3) is 0.733. The predicted molar refractivity (Wildman–Crippen MR) is 92.5 cm³/mol. The summed E-state index contributed by atoms with van der Waals surface area (Å²) in [5.74, 6) is -0.465. The topological polar surface area (TPSA) is 184 Å². The van der Waals surface area contributed by atoms with Crippen molar-refractivity contribution >= 4 is 24.1 Å². The lowest BCUT2D eigenvalue weighted by Crippen LogP contribution is -2.60. The van der Waals surface area contributed by atoms with Gasteiger partial charge in [-0.25, -0.2) is 24.9 Å². The van der Waals surface area contributed by atoms with Gasteiger partial charge < -0.3 is 15.1 Å². The van der Waals surface area contributed by atoms with Crippen molar-refractivity contribution in [3.8, 4) is 0 Å². The molecule has 0 aromatic rings. The maximum Gasteiger partial charge on any atom is 0.407 e. The summed E-state index contributed by atoms with van der Waals surface area (Å²) in [6.45, 7) is 0.961. The molecule has 3 rings (SSSR count). The molecule has 3 heterocycles. The highest BCUT2D eigenvalue weighted by atomic mass is 16.7. The summed E-state index contributed by atoms with van der Waals surface area (Å²) in [5, 5.41) is 32.2. The Bertz CT molecular complexity index is 653. The molecule has 2 bridgehead atoms. The third-order valence-corrected chi connectivity index (χ3v) is 5.34. The molecule has 0 radical (unpaired) electrons. The van der Waals surface area contributed by atoms with Crippen LogP contribution >= 0.6 is 0 Å². The molecule has 3 aliphatic heterocycles. The number of hydrogen-bond acceptors (Lipinski definition) is 7. The Hall–Kier alpha value is -2.84. The van der Waals surface area contributed by atoms with Gasteiger partial charge in [0.05, 0.1) is 12.1 Å². The summed E-state index contributed by atoms with van der Waals surface area (Å²) < 4.78 is 0. The quantitative estimate of drug-likeness (QED) is 0.179. The van der Waals surface area contributed by atoms with Gasteiger partial charge in [0.2, 0.25) is 0 Å². The minimum Gasteiger partial charge on any atom is -0.465 e. The largest absolute Gasteiger partial charge is 0.465 e. The van der Waals surface area contributed by atoms with E-state index in [-0.39, 0.29) is 12.1 Å². The van der Waals surface area contributed by atoms with Crippen LogP contribution in [0, 0.1) is 0 Å². The van der Waals surface area contributed by atoms with E-state index in [1.165, 1.54) is 4.90 Å². The molecule has 3 saturated heterocycles. The molecule has 5 amide bonds. The van der Waals surface area contributed by atoms with E-state index in [4.69, 9.17) is 15.1 Å². The van der Waals surface area contributed by atoms with E-state index in [0.29, 0.717) is 50.4 Å². The lowest BCUT2D eigenvalue weighted by Gasteiger charge is -2.36. The van der Waals surface area contributed by atoms with E-state index >= 15 is 0 Å². The molecule has 29 heavy (non-hydrogen) atoms. The molecule has 14 heteroatoms. The van der Waals surface area contributed by atoms with Crippen molar-refractivity contribution in [3.63, 3.8) is 0 Å². The zero-order valence-corrected chi connectivity index (χ0v) is 15.5. The number of fused-ring (bicyclic) bond motifs is 2. The van der Waals surface area contributed by atoms with Gasteiger partial charge in [0.1, 0.15) is 6.04 Å². The zero-order chi connectivity index (χ0) is 21.1. The highest BCUT2D eigenvalue weighted by molar-refractivity contribution is 5.87. The second kappa shape index (κ2) is 8.67. The summed E-state index contributed by atoms with van der Waals surface area (Å²) in [7, 11) is 0. The van der Waals surface area contributed by atoms with Crippen molar-refractivity contribution in [2.24, 2.45) is 0 Å². The number of carbonyl (C=O) groups is 4. The first-order valence-electron chi connectivity index (χ1n) is 9.23. The highest BCUT2D eigenvalue weighted by Crippen LogP contribution is 2.28. The summed E-state index contributed by atoms with van der Waals surface area (Å²) >= 11 is 0. The fourth-order valence-corrected chi connectivity index (χ4v) is 3.84. The number of carbonyl (C=O) groups excluding carboxylic acids is 2. The second-order valence-corrected chi connectivity index (χ2v) is 7.15. The maximum absolute atomic E-state index is 12.4. The van der Waals surface area contributed by atoms with E-state index in [9.17, 15) is 24.4 Å². The van der Waals surface area contributed by atoms with Crippen LogP contribution in [0.4, 0.5) is 14.4 Å². The summed E-state index contributed by atoms with van der Waals surface area (Å²) in [5.41, 5.74) is 2.38. The van der Waals surface area contributed by atoms with Crippen molar-refractivity contribution in [1.29, 1.82) is 0 Å². The van der Waals surface area contributed by atoms with Gasteiger partial charge in [-0.15, -0.1) is 0 Å². The summed E-state index contributed by atoms with van der Waals surface area (Å²) in [6.07, 6.45) is -2.35. The number of amides is 5. The number of hydrogen-bond donors (Lipinski definition) is 6. The van der Waals surface area contributed by atoms with Crippen molar-refractivity contribution in [3.05, 3.63) is 0 Å². The standard InChI is InChI=1S/C15H24N6O8/c22-11(10-2-1-8-7-20(10)15(27)21(8)28)18-29-9-3-5-19(6-4-9)12(16-13(23)24)17-14(25)26/h8-10,12,16-17,28H,1-7H2,(H,18,22)(H,23,24)(H,25,26)/t8-,10+/m1/s1. The third-order valence-electron chi connectivity index (χ3n) is 5.34. The van der Waals surface area contributed by atoms with E-state index < -0.39 is 36.5 Å². The average Bonchev–Trinajstić information content (AvgIpc) is 2.89. The van der Waals surface area contributed by atoms with Crippen LogP contribution in [0.2, 0.25) is 0 Å². The predicted octanol–water partition coefficient (Wildman–Crippen LogP) is -1.02. The minimum absolute atomic E-state index is 0.288. The van der Waals surface area contributed by atoms with Crippen LogP contribution in [0.25, 0.3) is 0 Å². The van der Waals surface area contributed by atoms with Crippen LogP contribution in [0.5, 0.6) is 0 Å². The smallest absolute Gasteiger partial charge is 0.407 e. The van der Waals surface area contributed by atoms with Crippen LogP contribution in [-0.2, 0) is 9.63 Å². The molecule has 0 unspecified atom stereocenters. The Balaban J connectivity index is 1.45. The van der Waals surface area contributed by atoms with E-state index in [2.05, 4.69) is 16.1 Å². The van der Waals surface area contributed by atoms with Gasteiger partial charge in [0.25, 0.3) is 5.91 Å². The minimum atomic E-state index is -1.36. The Morgan fingerprint density at radius 1 is 1.03 bits per heavy atom. The van der Waals surface area contributed by atoms with Crippen molar-refractivity contribution in [2.75, 3.05) is 19.6 Å². The fourth-order valence-electron chi connectivity index (χ4n) is 3.84. The number of nitrogens with one attached hydrogen (secondary N) is 3. The van der Waals surface area contributed by atoms with Crippen LogP contribution in [-0.4, -0.2) is 98.5 Å². The number of carboxylic acid groups (broad SMARTS) is 2. The van der Waals surface area contributed by atoms with Gasteiger partial charge in [-0.05, 0) is 25.7 Å². The van der Waals surface area contributed by atoms with Crippen LogP contribution in [0.1, 0.15) is 25.7 Å². The van der Waals surface area contributed by atoms with E-state index in [1.54, 1.807) is 4.90 Å². The first-order chi connectivity index (χ1) is 13.8. The lowest BCUT2D eigenvalue weighted by molar-refractivity contribution is -0.146. The molecule has 162 valence electrons. The summed E-state index contributed by atoms with van der Waals surface area (Å²) in [6, 6.07) is -1.59. The molecule has 0 saturated carbocycles. The van der Waals surface area contributed by atoms with Crippen LogP contribution in [0.3, 0.4) is 0 Å². The Morgan fingerprint density at radius 2 is 1.66 bits per heavy atom. The number of piperidine rings is 2. The molecule has 3 fully saturated rings. The molecule has 14 nitrogen and oxygen atoms in total. The monoisotopic (exact) mass is 416 g/mol. The van der Waals surface area contributed by atoms with E-state index in [0.717, 1.165) is 0 Å². The highest BCUT2D eigenvalue weighted by Gasteiger charge is 2.47. The molecule has 0 spiro atoms. The first-order valence-corrected chi connectivity index (χ1v) is 9.23. The molecule has 3 aliphatic rings.